The number of methoxy groups -OCH3 is 1. The SMILES string of the molecule is COCCCOC1CC(Br)C1(C)C. The first-order valence-corrected chi connectivity index (χ1v) is 5.75. The van der Waals surface area contributed by atoms with Gasteiger partial charge in [0.15, 0.2) is 0 Å². The van der Waals surface area contributed by atoms with E-state index in [1.165, 1.54) is 0 Å². The zero-order chi connectivity index (χ0) is 9.90. The van der Waals surface area contributed by atoms with Crippen molar-refractivity contribution in [3.05, 3.63) is 0 Å². The van der Waals surface area contributed by atoms with E-state index in [9.17, 15) is 0 Å². The van der Waals surface area contributed by atoms with Crippen molar-refractivity contribution in [2.45, 2.75) is 37.6 Å². The monoisotopic (exact) mass is 250 g/mol. The lowest BCUT2D eigenvalue weighted by Crippen LogP contribution is -2.51. The molecule has 1 aliphatic rings. The summed E-state index contributed by atoms with van der Waals surface area (Å²) in [6, 6.07) is 0. The zero-order valence-corrected chi connectivity index (χ0v) is 10.3. The number of halogens is 1. The standard InChI is InChI=1S/C10H19BrO2/c1-10(2)8(11)7-9(10)13-6-4-5-12-3/h8-9H,4-7H2,1-3H3. The Kier molecular flexibility index (Phi) is 4.20. The maximum absolute atomic E-state index is 5.76. The Bertz CT molecular complexity index is 159. The quantitative estimate of drug-likeness (QED) is 0.552. The fourth-order valence-electron chi connectivity index (χ4n) is 1.55. The van der Waals surface area contributed by atoms with Crippen molar-refractivity contribution in [2.75, 3.05) is 20.3 Å². The highest BCUT2D eigenvalue weighted by Gasteiger charge is 2.47. The molecule has 0 aromatic carbocycles. The van der Waals surface area contributed by atoms with E-state index in [1.54, 1.807) is 7.11 Å². The summed E-state index contributed by atoms with van der Waals surface area (Å²) in [5.74, 6) is 0. The predicted octanol–water partition coefficient (Wildman–Crippen LogP) is 2.60. The normalized spacial score (nSPS) is 31.4. The summed E-state index contributed by atoms with van der Waals surface area (Å²) in [5, 5.41) is 0. The average molecular weight is 251 g/mol. The van der Waals surface area contributed by atoms with Crippen LogP contribution in [0.25, 0.3) is 0 Å². The van der Waals surface area contributed by atoms with E-state index in [2.05, 4.69) is 29.8 Å². The molecule has 2 unspecified atom stereocenters. The van der Waals surface area contributed by atoms with Crippen LogP contribution in [-0.4, -0.2) is 31.3 Å². The topological polar surface area (TPSA) is 18.5 Å². The van der Waals surface area contributed by atoms with Crippen molar-refractivity contribution in [1.82, 2.24) is 0 Å². The van der Waals surface area contributed by atoms with Crippen LogP contribution >= 0.6 is 15.9 Å². The smallest absolute Gasteiger partial charge is 0.0647 e. The number of hydrogen-bond donors (Lipinski definition) is 0. The molecule has 3 heteroatoms. The summed E-state index contributed by atoms with van der Waals surface area (Å²) in [7, 11) is 1.72. The number of alkyl halides is 1. The minimum atomic E-state index is 0.299. The molecule has 0 aromatic heterocycles. The van der Waals surface area contributed by atoms with E-state index in [0.29, 0.717) is 16.3 Å². The van der Waals surface area contributed by atoms with Crippen LogP contribution in [0, 0.1) is 5.41 Å². The molecule has 0 aromatic rings. The van der Waals surface area contributed by atoms with Crippen molar-refractivity contribution in [2.24, 2.45) is 5.41 Å². The Morgan fingerprint density at radius 3 is 2.54 bits per heavy atom. The minimum Gasteiger partial charge on any atom is -0.385 e. The van der Waals surface area contributed by atoms with Crippen LogP contribution in [0.2, 0.25) is 0 Å². The molecule has 0 N–H and O–H groups in total. The van der Waals surface area contributed by atoms with Crippen LogP contribution in [-0.2, 0) is 9.47 Å². The molecule has 0 spiro atoms. The lowest BCUT2D eigenvalue weighted by molar-refractivity contribution is -0.0880. The van der Waals surface area contributed by atoms with Crippen molar-refractivity contribution in [1.29, 1.82) is 0 Å². The van der Waals surface area contributed by atoms with Crippen LogP contribution in [0.3, 0.4) is 0 Å². The highest BCUT2D eigenvalue weighted by Crippen LogP contribution is 2.47. The van der Waals surface area contributed by atoms with Crippen molar-refractivity contribution >= 4 is 15.9 Å². The first kappa shape index (κ1) is 11.5. The summed E-state index contributed by atoms with van der Waals surface area (Å²) in [6.07, 6.45) is 2.56. The molecular weight excluding hydrogens is 232 g/mol. The maximum atomic E-state index is 5.76. The molecule has 78 valence electrons. The number of ether oxygens (including phenoxy) is 2. The van der Waals surface area contributed by atoms with Gasteiger partial charge in [0.2, 0.25) is 0 Å². The Balaban J connectivity index is 2.10. The number of hydrogen-bond acceptors (Lipinski definition) is 2. The van der Waals surface area contributed by atoms with E-state index in [1.807, 2.05) is 0 Å². The second-order valence-corrected chi connectivity index (χ2v) is 5.34. The molecule has 13 heavy (non-hydrogen) atoms. The summed E-state index contributed by atoms with van der Waals surface area (Å²) in [5.41, 5.74) is 0.299. The van der Waals surface area contributed by atoms with Gasteiger partial charge in [0, 0.05) is 30.6 Å². The molecular formula is C10H19BrO2. The average Bonchev–Trinajstić information content (AvgIpc) is 2.10. The van der Waals surface area contributed by atoms with Gasteiger partial charge in [-0.15, -0.1) is 0 Å². The molecule has 1 rings (SSSR count). The van der Waals surface area contributed by atoms with Gasteiger partial charge in [-0.2, -0.15) is 0 Å². The lowest BCUT2D eigenvalue weighted by Gasteiger charge is -2.48. The van der Waals surface area contributed by atoms with Gasteiger partial charge in [-0.3, -0.25) is 0 Å². The molecule has 1 aliphatic carbocycles. The third kappa shape index (κ3) is 2.67. The molecule has 0 saturated heterocycles. The van der Waals surface area contributed by atoms with Crippen LogP contribution in [0.5, 0.6) is 0 Å². The Labute approximate surface area is 89.1 Å². The van der Waals surface area contributed by atoms with Gasteiger partial charge in [0.25, 0.3) is 0 Å². The number of rotatable bonds is 5. The minimum absolute atomic E-state index is 0.299. The van der Waals surface area contributed by atoms with Crippen LogP contribution in [0.1, 0.15) is 26.7 Å². The zero-order valence-electron chi connectivity index (χ0n) is 8.68. The van der Waals surface area contributed by atoms with Crippen LogP contribution < -0.4 is 0 Å². The highest BCUT2D eigenvalue weighted by molar-refractivity contribution is 9.09. The maximum Gasteiger partial charge on any atom is 0.0647 e. The second-order valence-electron chi connectivity index (χ2n) is 4.23. The first-order chi connectivity index (χ1) is 6.09. The van der Waals surface area contributed by atoms with Gasteiger partial charge in [0.05, 0.1) is 6.10 Å². The van der Waals surface area contributed by atoms with Crippen LogP contribution in [0.4, 0.5) is 0 Å². The fourth-order valence-corrected chi connectivity index (χ4v) is 2.18. The Hall–Kier alpha value is 0.400. The molecule has 1 fully saturated rings. The van der Waals surface area contributed by atoms with Crippen LogP contribution in [0.15, 0.2) is 0 Å². The van der Waals surface area contributed by atoms with Crippen molar-refractivity contribution in [3.8, 4) is 0 Å². The van der Waals surface area contributed by atoms with E-state index < -0.39 is 0 Å². The van der Waals surface area contributed by atoms with E-state index in [4.69, 9.17) is 9.47 Å². The summed E-state index contributed by atoms with van der Waals surface area (Å²) in [4.78, 5) is 0.618. The van der Waals surface area contributed by atoms with E-state index in [0.717, 1.165) is 26.1 Å². The van der Waals surface area contributed by atoms with Gasteiger partial charge < -0.3 is 9.47 Å². The largest absolute Gasteiger partial charge is 0.385 e. The van der Waals surface area contributed by atoms with E-state index >= 15 is 0 Å². The van der Waals surface area contributed by atoms with E-state index in [-0.39, 0.29) is 0 Å². The highest BCUT2D eigenvalue weighted by atomic mass is 79.9. The Morgan fingerprint density at radius 2 is 2.08 bits per heavy atom. The predicted molar refractivity (Wildman–Crippen MR) is 57.3 cm³/mol. The van der Waals surface area contributed by atoms with Gasteiger partial charge >= 0.3 is 0 Å². The molecule has 0 aliphatic heterocycles. The van der Waals surface area contributed by atoms with Crippen molar-refractivity contribution in [3.63, 3.8) is 0 Å². The first-order valence-electron chi connectivity index (χ1n) is 4.83. The molecule has 0 radical (unpaired) electrons. The van der Waals surface area contributed by atoms with Gasteiger partial charge in [-0.05, 0) is 12.8 Å². The molecule has 2 nitrogen and oxygen atoms in total. The van der Waals surface area contributed by atoms with Gasteiger partial charge in [0.1, 0.15) is 0 Å². The summed E-state index contributed by atoms with van der Waals surface area (Å²) < 4.78 is 10.7. The third-order valence-corrected chi connectivity index (χ3v) is 4.42. The molecule has 0 heterocycles. The van der Waals surface area contributed by atoms with Gasteiger partial charge in [-0.1, -0.05) is 29.8 Å². The summed E-state index contributed by atoms with van der Waals surface area (Å²) >= 11 is 3.64. The molecule has 0 amide bonds. The third-order valence-electron chi connectivity index (χ3n) is 2.87. The second kappa shape index (κ2) is 4.76. The fraction of sp³-hybridized carbons (Fsp3) is 1.00. The molecule has 2 atom stereocenters. The van der Waals surface area contributed by atoms with Gasteiger partial charge in [-0.25, -0.2) is 0 Å². The molecule has 1 saturated carbocycles. The van der Waals surface area contributed by atoms with Crippen molar-refractivity contribution < 1.29 is 9.47 Å². The molecule has 0 bridgehead atoms. The summed E-state index contributed by atoms with van der Waals surface area (Å²) in [6.45, 7) is 6.11. The lowest BCUT2D eigenvalue weighted by atomic mass is 9.69. The Morgan fingerprint density at radius 1 is 1.38 bits per heavy atom.